The Morgan fingerprint density at radius 1 is 1.27 bits per heavy atom. The molecule has 0 radical (unpaired) electrons. The first-order valence-corrected chi connectivity index (χ1v) is 7.75. The van der Waals surface area contributed by atoms with Crippen molar-refractivity contribution in [2.24, 2.45) is 0 Å². The Morgan fingerprint density at radius 2 is 2.09 bits per heavy atom. The molecule has 6 heteroatoms. The zero-order chi connectivity index (χ0) is 15.5. The number of nitrogens with zero attached hydrogens (tertiary/aromatic N) is 3. The third-order valence-electron chi connectivity index (χ3n) is 3.54. The van der Waals surface area contributed by atoms with Crippen molar-refractivity contribution >= 4 is 17.3 Å². The molecule has 112 valence electrons. The molecule has 5 nitrogen and oxygen atoms in total. The van der Waals surface area contributed by atoms with E-state index in [1.165, 1.54) is 0 Å². The first-order valence-electron chi connectivity index (χ1n) is 6.87. The Hall–Kier alpha value is -2.47. The number of aromatic nitrogens is 3. The van der Waals surface area contributed by atoms with Crippen molar-refractivity contribution in [3.8, 4) is 0 Å². The first-order chi connectivity index (χ1) is 10.6. The van der Waals surface area contributed by atoms with Gasteiger partial charge in [-0.05, 0) is 29.5 Å². The smallest absolute Gasteiger partial charge is 0.358 e. The molecule has 3 rings (SSSR count). The summed E-state index contributed by atoms with van der Waals surface area (Å²) in [7, 11) is 0. The molecule has 0 spiro atoms. The van der Waals surface area contributed by atoms with Gasteiger partial charge in [0.25, 0.3) is 0 Å². The standard InChI is InChI=1S/C16H15N3O2S/c1-11-5-2-3-6-12(11)10-19-14(9-13-7-4-8-22-13)15(16(20)21)17-18-19/h2-8H,9-10H2,1H3,(H,20,21). The first kappa shape index (κ1) is 14.5. The molecular weight excluding hydrogens is 298 g/mol. The van der Waals surface area contributed by atoms with Crippen LogP contribution < -0.4 is 0 Å². The number of thiophene rings is 1. The molecule has 2 heterocycles. The maximum absolute atomic E-state index is 11.4. The van der Waals surface area contributed by atoms with E-state index >= 15 is 0 Å². The van der Waals surface area contributed by atoms with Crippen LogP contribution >= 0.6 is 11.3 Å². The van der Waals surface area contributed by atoms with Crippen molar-refractivity contribution in [1.82, 2.24) is 15.0 Å². The Labute approximate surface area is 131 Å². The fourth-order valence-corrected chi connectivity index (χ4v) is 3.04. The van der Waals surface area contributed by atoms with E-state index < -0.39 is 5.97 Å². The van der Waals surface area contributed by atoms with Crippen LogP contribution in [0.3, 0.4) is 0 Å². The van der Waals surface area contributed by atoms with Gasteiger partial charge in [0, 0.05) is 11.3 Å². The third-order valence-corrected chi connectivity index (χ3v) is 4.42. The van der Waals surface area contributed by atoms with Gasteiger partial charge < -0.3 is 5.11 Å². The highest BCUT2D eigenvalue weighted by atomic mass is 32.1. The predicted octanol–water partition coefficient (Wildman–Crippen LogP) is 2.99. The molecule has 0 unspecified atom stereocenters. The monoisotopic (exact) mass is 313 g/mol. The minimum atomic E-state index is -1.04. The van der Waals surface area contributed by atoms with E-state index in [2.05, 4.69) is 10.3 Å². The molecule has 2 aromatic heterocycles. The lowest BCUT2D eigenvalue weighted by Gasteiger charge is -2.08. The number of carboxylic acid groups (broad SMARTS) is 1. The van der Waals surface area contributed by atoms with Gasteiger partial charge >= 0.3 is 5.97 Å². The predicted molar refractivity (Wildman–Crippen MR) is 84.4 cm³/mol. The molecule has 0 amide bonds. The number of aryl methyl sites for hydroxylation is 1. The van der Waals surface area contributed by atoms with E-state index in [0.717, 1.165) is 16.0 Å². The molecule has 22 heavy (non-hydrogen) atoms. The fraction of sp³-hybridized carbons (Fsp3) is 0.188. The second kappa shape index (κ2) is 6.11. The van der Waals surface area contributed by atoms with Gasteiger partial charge in [-0.25, -0.2) is 9.48 Å². The lowest BCUT2D eigenvalue weighted by atomic mass is 10.1. The largest absolute Gasteiger partial charge is 0.476 e. The summed E-state index contributed by atoms with van der Waals surface area (Å²) >= 11 is 1.60. The topological polar surface area (TPSA) is 68.0 Å². The van der Waals surface area contributed by atoms with Crippen LogP contribution in [0.25, 0.3) is 0 Å². The maximum atomic E-state index is 11.4. The number of hydrogen-bond donors (Lipinski definition) is 1. The summed E-state index contributed by atoms with van der Waals surface area (Å²) in [5.74, 6) is -1.04. The molecule has 0 saturated carbocycles. The summed E-state index contributed by atoms with van der Waals surface area (Å²) in [5.41, 5.74) is 2.92. The van der Waals surface area contributed by atoms with Crippen molar-refractivity contribution < 1.29 is 9.90 Å². The average Bonchev–Trinajstić information content (AvgIpc) is 3.12. The SMILES string of the molecule is Cc1ccccc1Cn1nnc(C(=O)O)c1Cc1cccs1. The van der Waals surface area contributed by atoms with Crippen LogP contribution in [-0.4, -0.2) is 26.1 Å². The van der Waals surface area contributed by atoms with Crippen molar-refractivity contribution in [3.63, 3.8) is 0 Å². The second-order valence-electron chi connectivity index (χ2n) is 5.03. The van der Waals surface area contributed by atoms with Crippen LogP contribution in [0.1, 0.15) is 32.2 Å². The van der Waals surface area contributed by atoms with E-state index in [4.69, 9.17) is 0 Å². The fourth-order valence-electron chi connectivity index (χ4n) is 2.33. The second-order valence-corrected chi connectivity index (χ2v) is 6.06. The number of carboxylic acids is 1. The number of aromatic carboxylic acids is 1. The maximum Gasteiger partial charge on any atom is 0.358 e. The third kappa shape index (κ3) is 2.92. The van der Waals surface area contributed by atoms with E-state index in [1.807, 2.05) is 48.7 Å². The molecule has 0 saturated heterocycles. The zero-order valence-electron chi connectivity index (χ0n) is 12.1. The molecule has 0 atom stereocenters. The van der Waals surface area contributed by atoms with Gasteiger partial charge in [-0.15, -0.1) is 16.4 Å². The Kier molecular flexibility index (Phi) is 4.02. The van der Waals surface area contributed by atoms with Crippen LogP contribution in [-0.2, 0) is 13.0 Å². The quantitative estimate of drug-likeness (QED) is 0.786. The minimum Gasteiger partial charge on any atom is -0.476 e. The summed E-state index contributed by atoms with van der Waals surface area (Å²) in [6.45, 7) is 2.55. The van der Waals surface area contributed by atoms with E-state index in [9.17, 15) is 9.90 Å². The van der Waals surface area contributed by atoms with Gasteiger partial charge in [0.05, 0.1) is 12.2 Å². The van der Waals surface area contributed by atoms with Crippen LogP contribution in [0.4, 0.5) is 0 Å². The highest BCUT2D eigenvalue weighted by Crippen LogP contribution is 2.18. The van der Waals surface area contributed by atoms with Gasteiger partial charge in [0.15, 0.2) is 5.69 Å². The number of hydrogen-bond acceptors (Lipinski definition) is 4. The molecule has 0 fully saturated rings. The van der Waals surface area contributed by atoms with Crippen LogP contribution in [0.2, 0.25) is 0 Å². The zero-order valence-corrected chi connectivity index (χ0v) is 12.9. The van der Waals surface area contributed by atoms with Gasteiger partial charge in [0.2, 0.25) is 0 Å². The lowest BCUT2D eigenvalue weighted by molar-refractivity contribution is 0.0689. The Morgan fingerprint density at radius 3 is 2.77 bits per heavy atom. The molecule has 0 aliphatic heterocycles. The molecular formula is C16H15N3O2S. The minimum absolute atomic E-state index is 0.0296. The van der Waals surface area contributed by atoms with Crippen LogP contribution in [0.5, 0.6) is 0 Å². The highest BCUT2D eigenvalue weighted by Gasteiger charge is 2.20. The van der Waals surface area contributed by atoms with Crippen molar-refractivity contribution in [1.29, 1.82) is 0 Å². The van der Waals surface area contributed by atoms with Crippen LogP contribution in [0, 0.1) is 6.92 Å². The summed E-state index contributed by atoms with van der Waals surface area (Å²) in [6.07, 6.45) is 0.526. The van der Waals surface area contributed by atoms with Crippen molar-refractivity contribution in [3.05, 3.63) is 69.2 Å². The molecule has 1 aromatic carbocycles. The molecule has 0 bridgehead atoms. The molecule has 0 aliphatic rings. The van der Waals surface area contributed by atoms with Gasteiger partial charge in [0.1, 0.15) is 0 Å². The summed E-state index contributed by atoms with van der Waals surface area (Å²) in [5, 5.41) is 19.2. The van der Waals surface area contributed by atoms with E-state index in [1.54, 1.807) is 16.0 Å². The normalized spacial score (nSPS) is 10.8. The highest BCUT2D eigenvalue weighted by molar-refractivity contribution is 7.09. The Bertz CT molecular complexity index is 794. The van der Waals surface area contributed by atoms with E-state index in [-0.39, 0.29) is 5.69 Å². The van der Waals surface area contributed by atoms with Crippen LogP contribution in [0.15, 0.2) is 41.8 Å². The molecule has 1 N–H and O–H groups in total. The van der Waals surface area contributed by atoms with Gasteiger partial charge in [-0.3, -0.25) is 0 Å². The van der Waals surface area contributed by atoms with E-state index in [0.29, 0.717) is 18.7 Å². The average molecular weight is 313 g/mol. The number of benzene rings is 1. The number of carbonyl (C=O) groups is 1. The van der Waals surface area contributed by atoms with Gasteiger partial charge in [-0.2, -0.15) is 0 Å². The summed E-state index contributed by atoms with van der Waals surface area (Å²) in [6, 6.07) is 11.9. The Balaban J connectivity index is 1.97. The van der Waals surface area contributed by atoms with Gasteiger partial charge in [-0.1, -0.05) is 35.5 Å². The van der Waals surface area contributed by atoms with Crippen molar-refractivity contribution in [2.75, 3.05) is 0 Å². The molecule has 3 aromatic rings. The van der Waals surface area contributed by atoms with Crippen molar-refractivity contribution in [2.45, 2.75) is 19.9 Å². The lowest BCUT2D eigenvalue weighted by Crippen LogP contribution is -2.10. The summed E-state index contributed by atoms with van der Waals surface area (Å²) < 4.78 is 1.69. The number of rotatable bonds is 5. The summed E-state index contributed by atoms with van der Waals surface area (Å²) in [4.78, 5) is 12.5. The molecule has 0 aliphatic carbocycles.